The van der Waals surface area contributed by atoms with E-state index in [0.29, 0.717) is 5.82 Å². The molecule has 1 heterocycles. The Morgan fingerprint density at radius 2 is 2.41 bits per heavy atom. The second kappa shape index (κ2) is 6.62. The smallest absolute Gasteiger partial charge is 0.268 e. The number of aromatic nitrogens is 2. The van der Waals surface area contributed by atoms with Crippen molar-refractivity contribution >= 4 is 11.7 Å². The first-order chi connectivity index (χ1) is 8.13. The van der Waals surface area contributed by atoms with Crippen LogP contribution in [-0.2, 0) is 0 Å². The summed E-state index contributed by atoms with van der Waals surface area (Å²) in [6, 6.07) is 0.271. The third-order valence-electron chi connectivity index (χ3n) is 2.33. The van der Waals surface area contributed by atoms with E-state index in [1.54, 1.807) is 6.20 Å². The van der Waals surface area contributed by atoms with Crippen LogP contribution in [-0.4, -0.2) is 21.9 Å². The molecule has 1 rings (SSSR count). The molecule has 0 saturated heterocycles. The summed E-state index contributed by atoms with van der Waals surface area (Å²) in [5.41, 5.74) is 5.31. The summed E-state index contributed by atoms with van der Waals surface area (Å²) in [4.78, 5) is 18.9. The summed E-state index contributed by atoms with van der Waals surface area (Å²) in [7, 11) is 0. The first-order valence-electron chi connectivity index (χ1n) is 5.62. The Hall–Kier alpha value is -1.91. The van der Waals surface area contributed by atoms with Crippen molar-refractivity contribution in [3.63, 3.8) is 0 Å². The lowest BCUT2D eigenvalue weighted by Crippen LogP contribution is -2.19. The molecule has 1 amide bonds. The highest BCUT2D eigenvalue weighted by Crippen LogP contribution is 2.08. The van der Waals surface area contributed by atoms with Crippen molar-refractivity contribution in [2.75, 3.05) is 5.32 Å². The lowest BCUT2D eigenvalue weighted by Gasteiger charge is -2.13. The van der Waals surface area contributed by atoms with Gasteiger partial charge >= 0.3 is 0 Å². The van der Waals surface area contributed by atoms with E-state index in [4.69, 9.17) is 5.73 Å². The number of amides is 1. The molecule has 0 saturated carbocycles. The average Bonchev–Trinajstić information content (AvgIpc) is 2.29. The monoisotopic (exact) mass is 234 g/mol. The first-order valence-corrected chi connectivity index (χ1v) is 5.62. The van der Waals surface area contributed by atoms with Gasteiger partial charge in [0.15, 0.2) is 0 Å². The van der Waals surface area contributed by atoms with Crippen molar-refractivity contribution in [3.8, 4) is 0 Å². The number of hydrogen-bond acceptors (Lipinski definition) is 4. The van der Waals surface area contributed by atoms with Gasteiger partial charge in [-0.2, -0.15) is 0 Å². The summed E-state index contributed by atoms with van der Waals surface area (Å²) in [5, 5.41) is 3.18. The van der Waals surface area contributed by atoms with Crippen LogP contribution < -0.4 is 11.1 Å². The number of nitrogens with two attached hydrogens (primary N) is 1. The molecule has 0 radical (unpaired) electrons. The maximum absolute atomic E-state index is 10.9. The second-order valence-corrected chi connectivity index (χ2v) is 3.92. The number of rotatable bonds is 7. The topological polar surface area (TPSA) is 80.9 Å². The normalized spacial score (nSPS) is 11.8. The highest BCUT2D eigenvalue weighted by atomic mass is 16.1. The molecule has 0 aromatic carbocycles. The summed E-state index contributed by atoms with van der Waals surface area (Å²) >= 11 is 0. The Kier molecular flexibility index (Phi) is 5.13. The summed E-state index contributed by atoms with van der Waals surface area (Å²) in [5.74, 6) is 0.00728. The van der Waals surface area contributed by atoms with Crippen LogP contribution in [0.1, 0.15) is 36.7 Å². The third kappa shape index (κ3) is 4.63. The fourth-order valence-corrected chi connectivity index (χ4v) is 1.45. The molecule has 0 bridgehead atoms. The molecule has 0 fully saturated rings. The van der Waals surface area contributed by atoms with Gasteiger partial charge in [-0.25, -0.2) is 4.98 Å². The molecular formula is C12H18N4O. The van der Waals surface area contributed by atoms with Crippen LogP contribution in [0.25, 0.3) is 0 Å². The number of nitrogens with one attached hydrogen (secondary N) is 1. The van der Waals surface area contributed by atoms with Crippen LogP contribution >= 0.6 is 0 Å². The summed E-state index contributed by atoms with van der Waals surface area (Å²) < 4.78 is 0. The quantitative estimate of drug-likeness (QED) is 0.556. The molecule has 92 valence electrons. The SMILES string of the molecule is C=CCCCC(C)Nc1cncc(C(N)=O)n1. The third-order valence-corrected chi connectivity index (χ3v) is 2.33. The maximum atomic E-state index is 10.9. The van der Waals surface area contributed by atoms with Gasteiger partial charge in [-0.3, -0.25) is 9.78 Å². The molecule has 0 aliphatic heterocycles. The number of hydrogen-bond donors (Lipinski definition) is 2. The Labute approximate surface area is 101 Å². The van der Waals surface area contributed by atoms with E-state index in [1.165, 1.54) is 6.20 Å². The minimum absolute atomic E-state index is 0.174. The Bertz CT molecular complexity index is 392. The molecule has 1 unspecified atom stereocenters. The zero-order valence-corrected chi connectivity index (χ0v) is 10.0. The Morgan fingerprint density at radius 1 is 1.65 bits per heavy atom. The van der Waals surface area contributed by atoms with E-state index >= 15 is 0 Å². The van der Waals surface area contributed by atoms with Crippen molar-refractivity contribution in [1.82, 2.24) is 9.97 Å². The van der Waals surface area contributed by atoms with Gasteiger partial charge in [0, 0.05) is 6.04 Å². The Morgan fingerprint density at radius 3 is 3.06 bits per heavy atom. The summed E-state index contributed by atoms with van der Waals surface area (Å²) in [6.07, 6.45) is 7.92. The van der Waals surface area contributed by atoms with Crippen LogP contribution in [0.3, 0.4) is 0 Å². The van der Waals surface area contributed by atoms with Crippen LogP contribution in [0.5, 0.6) is 0 Å². The number of nitrogens with zero attached hydrogens (tertiary/aromatic N) is 2. The number of anilines is 1. The van der Waals surface area contributed by atoms with E-state index in [0.717, 1.165) is 19.3 Å². The summed E-state index contributed by atoms with van der Waals surface area (Å²) in [6.45, 7) is 5.74. The number of primary amides is 1. The van der Waals surface area contributed by atoms with E-state index in [2.05, 4.69) is 28.8 Å². The predicted octanol–water partition coefficient (Wildman–Crippen LogP) is 1.73. The molecule has 17 heavy (non-hydrogen) atoms. The molecule has 3 N–H and O–H groups in total. The van der Waals surface area contributed by atoms with Gasteiger partial charge in [0.05, 0.1) is 12.4 Å². The molecule has 0 aliphatic carbocycles. The van der Waals surface area contributed by atoms with Crippen molar-refractivity contribution in [3.05, 3.63) is 30.7 Å². The molecule has 0 aliphatic rings. The zero-order valence-electron chi connectivity index (χ0n) is 10.0. The van der Waals surface area contributed by atoms with E-state index in [9.17, 15) is 4.79 Å². The minimum atomic E-state index is -0.569. The second-order valence-electron chi connectivity index (χ2n) is 3.92. The molecule has 5 heteroatoms. The average molecular weight is 234 g/mol. The van der Waals surface area contributed by atoms with Crippen LogP contribution in [0.4, 0.5) is 5.82 Å². The molecule has 1 aromatic rings. The molecule has 1 aromatic heterocycles. The molecular weight excluding hydrogens is 216 g/mol. The van der Waals surface area contributed by atoms with Crippen molar-refractivity contribution < 1.29 is 4.79 Å². The minimum Gasteiger partial charge on any atom is -0.366 e. The van der Waals surface area contributed by atoms with Gasteiger partial charge in [0.25, 0.3) is 5.91 Å². The fraction of sp³-hybridized carbons (Fsp3) is 0.417. The van der Waals surface area contributed by atoms with E-state index in [1.807, 2.05) is 6.08 Å². The van der Waals surface area contributed by atoms with Crippen LogP contribution in [0.15, 0.2) is 25.0 Å². The maximum Gasteiger partial charge on any atom is 0.268 e. The lowest BCUT2D eigenvalue weighted by atomic mass is 10.1. The highest BCUT2D eigenvalue weighted by molar-refractivity contribution is 5.90. The number of carbonyl (C=O) groups is 1. The number of carbonyl (C=O) groups excluding carboxylic acids is 1. The van der Waals surface area contributed by atoms with Gasteiger partial charge in [-0.05, 0) is 26.2 Å². The number of unbranched alkanes of at least 4 members (excludes halogenated alkanes) is 1. The molecule has 5 nitrogen and oxygen atoms in total. The largest absolute Gasteiger partial charge is 0.366 e. The Balaban J connectivity index is 2.52. The van der Waals surface area contributed by atoms with E-state index in [-0.39, 0.29) is 11.7 Å². The standard InChI is InChI=1S/C12H18N4O/c1-3-4-5-6-9(2)15-11-8-14-7-10(16-11)12(13)17/h3,7-9H,1,4-6H2,2H3,(H2,13,17)(H,15,16). The predicted molar refractivity (Wildman–Crippen MR) is 67.7 cm³/mol. The van der Waals surface area contributed by atoms with Gasteiger partial charge in [0.1, 0.15) is 11.5 Å². The van der Waals surface area contributed by atoms with Gasteiger partial charge in [0.2, 0.25) is 0 Å². The van der Waals surface area contributed by atoms with Gasteiger partial charge < -0.3 is 11.1 Å². The van der Waals surface area contributed by atoms with Crippen LogP contribution in [0.2, 0.25) is 0 Å². The molecule has 1 atom stereocenters. The lowest BCUT2D eigenvalue weighted by molar-refractivity contribution is 0.0995. The van der Waals surface area contributed by atoms with Crippen molar-refractivity contribution in [2.45, 2.75) is 32.2 Å². The zero-order chi connectivity index (χ0) is 12.7. The fourth-order valence-electron chi connectivity index (χ4n) is 1.45. The van der Waals surface area contributed by atoms with Gasteiger partial charge in [-0.15, -0.1) is 6.58 Å². The van der Waals surface area contributed by atoms with E-state index < -0.39 is 5.91 Å². The highest BCUT2D eigenvalue weighted by Gasteiger charge is 2.06. The first kappa shape index (κ1) is 13.2. The van der Waals surface area contributed by atoms with Crippen LogP contribution in [0, 0.1) is 0 Å². The van der Waals surface area contributed by atoms with Crippen molar-refractivity contribution in [2.24, 2.45) is 5.73 Å². The molecule has 0 spiro atoms. The van der Waals surface area contributed by atoms with Gasteiger partial charge in [-0.1, -0.05) is 6.08 Å². The number of allylic oxidation sites excluding steroid dienone is 1. The van der Waals surface area contributed by atoms with Crippen molar-refractivity contribution in [1.29, 1.82) is 0 Å².